The van der Waals surface area contributed by atoms with Crippen molar-refractivity contribution in [2.75, 3.05) is 0 Å². The van der Waals surface area contributed by atoms with E-state index in [2.05, 4.69) is 0 Å². The Morgan fingerprint density at radius 3 is 2.61 bits per heavy atom. The lowest BCUT2D eigenvalue weighted by molar-refractivity contribution is -0.137. The largest absolute Gasteiger partial charge is 0.390 e. The molecule has 0 spiro atoms. The van der Waals surface area contributed by atoms with Crippen LogP contribution in [0, 0.1) is 0 Å². The van der Waals surface area contributed by atoms with Gasteiger partial charge < -0.3 is 0 Å². The van der Waals surface area contributed by atoms with Crippen molar-refractivity contribution >= 4 is 21.6 Å². The molecule has 0 aliphatic heterocycles. The second kappa shape index (κ2) is 4.27. The Bertz CT molecular complexity index is 696. The molecule has 0 bridgehead atoms. The standard InChI is InChI=1S/C10H9F3N2O2S/c1-14-8-6(2-5-18-8)7(16)15(9(14)17)4-3-10(11,12)13/h2,5H,3-4H2,1H3. The van der Waals surface area contributed by atoms with Gasteiger partial charge in [0.25, 0.3) is 5.56 Å². The highest BCUT2D eigenvalue weighted by atomic mass is 32.1. The first kappa shape index (κ1) is 12.9. The van der Waals surface area contributed by atoms with Crippen LogP contribution in [0.25, 0.3) is 10.2 Å². The predicted molar refractivity (Wildman–Crippen MR) is 62.0 cm³/mol. The molecule has 0 saturated heterocycles. The van der Waals surface area contributed by atoms with Crippen LogP contribution in [0.1, 0.15) is 6.42 Å². The molecule has 0 fully saturated rings. The Morgan fingerprint density at radius 2 is 2.00 bits per heavy atom. The number of hydrogen-bond acceptors (Lipinski definition) is 3. The fourth-order valence-corrected chi connectivity index (χ4v) is 2.51. The highest BCUT2D eigenvalue weighted by Gasteiger charge is 2.27. The number of aromatic nitrogens is 2. The summed E-state index contributed by atoms with van der Waals surface area (Å²) in [6.07, 6.45) is -5.59. The number of hydrogen-bond donors (Lipinski definition) is 0. The van der Waals surface area contributed by atoms with Crippen molar-refractivity contribution < 1.29 is 13.2 Å². The molecule has 0 radical (unpaired) electrons. The Kier molecular flexibility index (Phi) is 3.05. The lowest BCUT2D eigenvalue weighted by Crippen LogP contribution is -2.39. The van der Waals surface area contributed by atoms with E-state index in [9.17, 15) is 22.8 Å². The quantitative estimate of drug-likeness (QED) is 0.839. The summed E-state index contributed by atoms with van der Waals surface area (Å²) in [6, 6.07) is 1.51. The minimum Gasteiger partial charge on any atom is -0.287 e. The lowest BCUT2D eigenvalue weighted by Gasteiger charge is -2.09. The first-order chi connectivity index (χ1) is 8.31. The molecule has 2 aromatic rings. The summed E-state index contributed by atoms with van der Waals surface area (Å²) >= 11 is 1.20. The van der Waals surface area contributed by atoms with Crippen LogP contribution in [-0.2, 0) is 13.6 Å². The molecule has 0 aromatic carbocycles. The van der Waals surface area contributed by atoms with Crippen LogP contribution < -0.4 is 11.2 Å². The normalized spacial score (nSPS) is 12.2. The summed E-state index contributed by atoms with van der Waals surface area (Å²) in [6.45, 7) is -0.652. The molecule has 0 amide bonds. The Morgan fingerprint density at radius 1 is 1.33 bits per heavy atom. The maximum absolute atomic E-state index is 12.1. The lowest BCUT2D eigenvalue weighted by atomic mass is 10.3. The molecule has 0 aliphatic rings. The van der Waals surface area contributed by atoms with Gasteiger partial charge in [-0.1, -0.05) is 0 Å². The van der Waals surface area contributed by atoms with E-state index in [-0.39, 0.29) is 5.39 Å². The van der Waals surface area contributed by atoms with Crippen LogP contribution in [0.4, 0.5) is 13.2 Å². The van der Waals surface area contributed by atoms with Crippen LogP contribution in [0.15, 0.2) is 21.0 Å². The third-order valence-corrected chi connectivity index (χ3v) is 3.55. The molecule has 2 rings (SSSR count). The number of thiophene rings is 1. The van der Waals surface area contributed by atoms with Gasteiger partial charge in [-0.15, -0.1) is 11.3 Å². The van der Waals surface area contributed by atoms with Crippen LogP contribution in [0.5, 0.6) is 0 Å². The summed E-state index contributed by atoms with van der Waals surface area (Å²) in [5.74, 6) is 0. The fourth-order valence-electron chi connectivity index (χ4n) is 1.66. The number of fused-ring (bicyclic) bond motifs is 1. The third kappa shape index (κ3) is 2.20. The van der Waals surface area contributed by atoms with Crippen molar-refractivity contribution in [2.24, 2.45) is 7.05 Å². The van der Waals surface area contributed by atoms with Crippen LogP contribution in [0.2, 0.25) is 0 Å². The van der Waals surface area contributed by atoms with Crippen molar-refractivity contribution in [1.82, 2.24) is 9.13 Å². The summed E-state index contributed by atoms with van der Waals surface area (Å²) in [4.78, 5) is 24.1. The highest BCUT2D eigenvalue weighted by Crippen LogP contribution is 2.20. The fraction of sp³-hybridized carbons (Fsp3) is 0.400. The number of nitrogens with zero attached hydrogens (tertiary/aromatic N) is 2. The van der Waals surface area contributed by atoms with Crippen LogP contribution >= 0.6 is 11.3 Å². The molecule has 0 aliphatic carbocycles. The van der Waals surface area contributed by atoms with Gasteiger partial charge in [-0.2, -0.15) is 13.2 Å². The van der Waals surface area contributed by atoms with E-state index in [4.69, 9.17) is 0 Å². The van der Waals surface area contributed by atoms with Gasteiger partial charge in [0.1, 0.15) is 4.83 Å². The molecule has 4 nitrogen and oxygen atoms in total. The smallest absolute Gasteiger partial charge is 0.287 e. The van der Waals surface area contributed by atoms with Gasteiger partial charge in [-0.25, -0.2) is 4.79 Å². The second-order valence-corrected chi connectivity index (χ2v) is 4.70. The third-order valence-electron chi connectivity index (χ3n) is 2.56. The predicted octanol–water partition coefficient (Wildman–Crippen LogP) is 1.71. The van der Waals surface area contributed by atoms with Crippen molar-refractivity contribution in [3.63, 3.8) is 0 Å². The van der Waals surface area contributed by atoms with Crippen molar-refractivity contribution in [3.8, 4) is 0 Å². The number of rotatable bonds is 2. The van der Waals surface area contributed by atoms with E-state index in [1.165, 1.54) is 29.0 Å². The Balaban J connectivity index is 2.57. The molecular formula is C10H9F3N2O2S. The highest BCUT2D eigenvalue weighted by molar-refractivity contribution is 7.16. The monoisotopic (exact) mass is 278 g/mol. The van der Waals surface area contributed by atoms with Gasteiger partial charge in [-0.05, 0) is 11.4 Å². The molecular weight excluding hydrogens is 269 g/mol. The molecule has 0 atom stereocenters. The average molecular weight is 278 g/mol. The first-order valence-electron chi connectivity index (χ1n) is 5.05. The van der Waals surface area contributed by atoms with E-state index in [1.54, 1.807) is 5.38 Å². The maximum atomic E-state index is 12.1. The van der Waals surface area contributed by atoms with E-state index < -0.39 is 30.4 Å². The second-order valence-electron chi connectivity index (χ2n) is 3.80. The van der Waals surface area contributed by atoms with E-state index in [1.807, 2.05) is 0 Å². The summed E-state index contributed by atoms with van der Waals surface area (Å²) in [5.41, 5.74) is -1.39. The molecule has 0 N–H and O–H groups in total. The summed E-state index contributed by atoms with van der Waals surface area (Å²) in [7, 11) is 1.44. The van der Waals surface area contributed by atoms with Gasteiger partial charge in [-0.3, -0.25) is 13.9 Å². The molecule has 2 heterocycles. The molecule has 8 heteroatoms. The molecule has 0 saturated carbocycles. The zero-order valence-corrected chi connectivity index (χ0v) is 10.1. The zero-order chi connectivity index (χ0) is 13.5. The maximum Gasteiger partial charge on any atom is 0.390 e. The van der Waals surface area contributed by atoms with E-state index >= 15 is 0 Å². The van der Waals surface area contributed by atoms with Crippen molar-refractivity contribution in [1.29, 1.82) is 0 Å². The average Bonchev–Trinajstić information content (AvgIpc) is 2.73. The van der Waals surface area contributed by atoms with Crippen molar-refractivity contribution in [3.05, 3.63) is 32.3 Å². The minimum absolute atomic E-state index is 0.268. The Hall–Kier alpha value is -1.57. The van der Waals surface area contributed by atoms with Crippen LogP contribution in [-0.4, -0.2) is 15.3 Å². The molecule has 18 heavy (non-hydrogen) atoms. The van der Waals surface area contributed by atoms with E-state index in [0.717, 1.165) is 0 Å². The first-order valence-corrected chi connectivity index (χ1v) is 5.93. The molecule has 0 unspecified atom stereocenters. The van der Waals surface area contributed by atoms with Gasteiger partial charge in [0.15, 0.2) is 0 Å². The number of alkyl halides is 3. The van der Waals surface area contributed by atoms with Crippen molar-refractivity contribution in [2.45, 2.75) is 19.1 Å². The summed E-state index contributed by atoms with van der Waals surface area (Å²) < 4.78 is 38.2. The summed E-state index contributed by atoms with van der Waals surface area (Å²) in [5, 5.41) is 1.89. The topological polar surface area (TPSA) is 44.0 Å². The molecule has 98 valence electrons. The number of aryl methyl sites for hydroxylation is 1. The van der Waals surface area contributed by atoms with Gasteiger partial charge in [0, 0.05) is 13.6 Å². The van der Waals surface area contributed by atoms with Crippen LogP contribution in [0.3, 0.4) is 0 Å². The van der Waals surface area contributed by atoms with Gasteiger partial charge in [0.2, 0.25) is 0 Å². The Labute approximate surface area is 103 Å². The minimum atomic E-state index is -4.39. The zero-order valence-electron chi connectivity index (χ0n) is 9.32. The van der Waals surface area contributed by atoms with Gasteiger partial charge >= 0.3 is 11.9 Å². The van der Waals surface area contributed by atoms with Gasteiger partial charge in [0.05, 0.1) is 11.8 Å². The van der Waals surface area contributed by atoms with E-state index in [0.29, 0.717) is 9.40 Å². The number of halogens is 3. The SMILES string of the molecule is Cn1c(=O)n(CCC(F)(F)F)c(=O)c2ccsc21. The molecule has 2 aromatic heterocycles.